The fourth-order valence-corrected chi connectivity index (χ4v) is 2.82. The second-order valence-corrected chi connectivity index (χ2v) is 4.71. The Kier molecular flexibility index (Phi) is 5.33. The summed E-state index contributed by atoms with van der Waals surface area (Å²) in [6.07, 6.45) is 7.22. The number of rotatable bonds is 1. The van der Waals surface area contributed by atoms with Crippen LogP contribution in [-0.4, -0.2) is 30.3 Å². The summed E-state index contributed by atoms with van der Waals surface area (Å²) in [7, 11) is 0. The van der Waals surface area contributed by atoms with E-state index in [2.05, 4.69) is 6.92 Å². The van der Waals surface area contributed by atoms with Gasteiger partial charge in [0.05, 0.1) is 12.7 Å². The van der Waals surface area contributed by atoms with Gasteiger partial charge in [-0.2, -0.15) is 0 Å². The van der Waals surface area contributed by atoms with Crippen molar-refractivity contribution in [2.75, 3.05) is 13.2 Å². The second kappa shape index (κ2) is 6.04. The lowest BCUT2D eigenvalue weighted by Crippen LogP contribution is -2.55. The van der Waals surface area contributed by atoms with Gasteiger partial charge >= 0.3 is 0 Å². The molecule has 1 aliphatic carbocycles. The van der Waals surface area contributed by atoms with Crippen LogP contribution in [0.1, 0.15) is 39.0 Å². The smallest absolute Gasteiger partial charge is 0.0770 e. The molecule has 2 atom stereocenters. The topological polar surface area (TPSA) is 38.5 Å². The van der Waals surface area contributed by atoms with Crippen LogP contribution in [0.4, 0.5) is 0 Å². The number of hydrogen-bond acceptors (Lipinski definition) is 3. The Morgan fingerprint density at radius 3 is 2.53 bits per heavy atom. The maximum atomic E-state index is 5.93. The molecule has 0 aromatic carbocycles. The molecule has 15 heavy (non-hydrogen) atoms. The van der Waals surface area contributed by atoms with E-state index in [1.807, 2.05) is 5.01 Å². The summed E-state index contributed by atoms with van der Waals surface area (Å²) in [5, 5.41) is 1.95. The van der Waals surface area contributed by atoms with Gasteiger partial charge in [0.15, 0.2) is 0 Å². The van der Waals surface area contributed by atoms with Gasteiger partial charge in [0.2, 0.25) is 0 Å². The molecule has 4 heteroatoms. The zero-order chi connectivity index (χ0) is 9.97. The van der Waals surface area contributed by atoms with Crippen LogP contribution in [0.15, 0.2) is 0 Å². The second-order valence-electron chi connectivity index (χ2n) is 4.71. The van der Waals surface area contributed by atoms with Crippen LogP contribution in [0.3, 0.4) is 0 Å². The third-order valence-corrected chi connectivity index (χ3v) is 3.77. The number of nitrogens with zero attached hydrogens (tertiary/aromatic N) is 1. The van der Waals surface area contributed by atoms with Gasteiger partial charge in [0, 0.05) is 12.6 Å². The number of nitrogens with two attached hydrogens (primary N) is 1. The summed E-state index contributed by atoms with van der Waals surface area (Å²) in [5.41, 5.74) is 0. The number of morpholine rings is 1. The lowest BCUT2D eigenvalue weighted by atomic mass is 9.82. The third-order valence-electron chi connectivity index (χ3n) is 3.77. The van der Waals surface area contributed by atoms with Gasteiger partial charge in [0.25, 0.3) is 0 Å². The highest BCUT2D eigenvalue weighted by atomic mass is 35.5. The zero-order valence-corrected chi connectivity index (χ0v) is 10.3. The first kappa shape index (κ1) is 13.2. The minimum absolute atomic E-state index is 0. The summed E-state index contributed by atoms with van der Waals surface area (Å²) >= 11 is 0. The van der Waals surface area contributed by atoms with Crippen LogP contribution in [0, 0.1) is 5.92 Å². The molecule has 0 aromatic heterocycles. The third kappa shape index (κ3) is 3.06. The number of hydrogen-bond donors (Lipinski definition) is 1. The van der Waals surface area contributed by atoms with E-state index in [1.54, 1.807) is 0 Å². The van der Waals surface area contributed by atoms with Gasteiger partial charge in [-0.1, -0.05) is 19.3 Å². The summed E-state index contributed by atoms with van der Waals surface area (Å²) in [4.78, 5) is 0. The number of hydrazine groups is 1. The molecule has 0 aromatic rings. The quantitative estimate of drug-likeness (QED) is 0.705. The molecule has 0 amide bonds. The summed E-state index contributed by atoms with van der Waals surface area (Å²) in [6, 6.07) is 0.395. The molecule has 1 aliphatic heterocycles. The first-order chi connectivity index (χ1) is 6.79. The number of halogens is 1. The zero-order valence-electron chi connectivity index (χ0n) is 9.52. The highest BCUT2D eigenvalue weighted by molar-refractivity contribution is 5.85. The Hall–Kier alpha value is 0.170. The Balaban J connectivity index is 0.00000112. The predicted molar refractivity (Wildman–Crippen MR) is 63.9 cm³/mol. The normalized spacial score (nSPS) is 34.8. The Morgan fingerprint density at radius 1 is 1.20 bits per heavy atom. The molecule has 2 fully saturated rings. The van der Waals surface area contributed by atoms with E-state index in [0.29, 0.717) is 12.1 Å². The fourth-order valence-electron chi connectivity index (χ4n) is 2.82. The van der Waals surface area contributed by atoms with Gasteiger partial charge in [-0.15, -0.1) is 12.4 Å². The maximum absolute atomic E-state index is 5.93. The summed E-state index contributed by atoms with van der Waals surface area (Å²) in [6.45, 7) is 3.88. The summed E-state index contributed by atoms with van der Waals surface area (Å²) in [5.74, 6) is 6.68. The van der Waals surface area contributed by atoms with E-state index in [9.17, 15) is 0 Å². The predicted octanol–water partition coefficient (Wildman–Crippen LogP) is 1.95. The van der Waals surface area contributed by atoms with E-state index in [-0.39, 0.29) is 12.4 Å². The van der Waals surface area contributed by atoms with Crippen LogP contribution in [0.25, 0.3) is 0 Å². The summed E-state index contributed by atoms with van der Waals surface area (Å²) < 4.78 is 5.88. The van der Waals surface area contributed by atoms with Crippen LogP contribution in [0.2, 0.25) is 0 Å². The van der Waals surface area contributed by atoms with Crippen molar-refractivity contribution >= 4 is 12.4 Å². The highest BCUT2D eigenvalue weighted by Gasteiger charge is 2.33. The maximum Gasteiger partial charge on any atom is 0.0770 e. The van der Waals surface area contributed by atoms with Gasteiger partial charge in [-0.25, -0.2) is 5.01 Å². The largest absolute Gasteiger partial charge is 0.375 e. The van der Waals surface area contributed by atoms with Crippen molar-refractivity contribution < 1.29 is 4.74 Å². The SMILES string of the molecule is CC1C(C2CCCCC2)OCCN1N.Cl. The van der Waals surface area contributed by atoms with E-state index in [1.165, 1.54) is 32.1 Å². The molecule has 0 spiro atoms. The average Bonchev–Trinajstić information content (AvgIpc) is 2.23. The minimum Gasteiger partial charge on any atom is -0.375 e. The van der Waals surface area contributed by atoms with Crippen LogP contribution >= 0.6 is 12.4 Å². The highest BCUT2D eigenvalue weighted by Crippen LogP contribution is 2.31. The fraction of sp³-hybridized carbons (Fsp3) is 1.00. The molecule has 0 bridgehead atoms. The standard InChI is InChI=1S/C11H22N2O.ClH/c1-9-11(14-8-7-13(9)12)10-5-3-2-4-6-10;/h9-11H,2-8,12H2,1H3;1H. The van der Waals surface area contributed by atoms with Crippen molar-refractivity contribution in [1.82, 2.24) is 5.01 Å². The molecule has 1 heterocycles. The van der Waals surface area contributed by atoms with Crippen molar-refractivity contribution in [3.63, 3.8) is 0 Å². The van der Waals surface area contributed by atoms with Crippen LogP contribution in [0.5, 0.6) is 0 Å². The molecular formula is C11H23ClN2O. The van der Waals surface area contributed by atoms with E-state index in [0.717, 1.165) is 19.1 Å². The lowest BCUT2D eigenvalue weighted by Gasteiger charge is -2.41. The molecule has 90 valence electrons. The first-order valence-corrected chi connectivity index (χ1v) is 5.92. The van der Waals surface area contributed by atoms with Gasteiger partial charge in [-0.05, 0) is 25.7 Å². The minimum atomic E-state index is 0. The molecule has 3 nitrogen and oxygen atoms in total. The Bertz CT molecular complexity index is 185. The molecule has 2 N–H and O–H groups in total. The van der Waals surface area contributed by atoms with Crippen molar-refractivity contribution in [2.45, 2.75) is 51.2 Å². The Labute approximate surface area is 98.7 Å². The van der Waals surface area contributed by atoms with Crippen molar-refractivity contribution in [3.8, 4) is 0 Å². The van der Waals surface area contributed by atoms with Gasteiger partial charge in [-0.3, -0.25) is 5.84 Å². The molecule has 1 saturated carbocycles. The average molecular weight is 235 g/mol. The monoisotopic (exact) mass is 234 g/mol. The Morgan fingerprint density at radius 2 is 1.87 bits per heavy atom. The van der Waals surface area contributed by atoms with Crippen LogP contribution < -0.4 is 5.84 Å². The molecule has 2 rings (SSSR count). The first-order valence-electron chi connectivity index (χ1n) is 5.92. The van der Waals surface area contributed by atoms with Crippen LogP contribution in [-0.2, 0) is 4.74 Å². The van der Waals surface area contributed by atoms with Crippen molar-refractivity contribution in [1.29, 1.82) is 0 Å². The van der Waals surface area contributed by atoms with E-state index in [4.69, 9.17) is 10.6 Å². The molecule has 2 unspecified atom stereocenters. The molecule has 1 saturated heterocycles. The lowest BCUT2D eigenvalue weighted by molar-refractivity contribution is -0.0983. The number of ether oxygens (including phenoxy) is 1. The van der Waals surface area contributed by atoms with Gasteiger partial charge < -0.3 is 4.74 Å². The van der Waals surface area contributed by atoms with Crippen molar-refractivity contribution in [3.05, 3.63) is 0 Å². The molecule has 0 radical (unpaired) electrons. The molecule has 2 aliphatic rings. The molecular weight excluding hydrogens is 212 g/mol. The van der Waals surface area contributed by atoms with Gasteiger partial charge in [0.1, 0.15) is 0 Å². The van der Waals surface area contributed by atoms with E-state index >= 15 is 0 Å². The van der Waals surface area contributed by atoms with Crippen molar-refractivity contribution in [2.24, 2.45) is 11.8 Å². The van der Waals surface area contributed by atoms with E-state index < -0.39 is 0 Å².